The molecule has 0 bridgehead atoms. The quantitative estimate of drug-likeness (QED) is 0.662. The fraction of sp³-hybridized carbons (Fsp3) is 0.158. The smallest absolute Gasteiger partial charge is 0.162 e. The zero-order valence-electron chi connectivity index (χ0n) is 13.9. The van der Waals surface area contributed by atoms with E-state index in [0.29, 0.717) is 23.7 Å². The van der Waals surface area contributed by atoms with Crippen LogP contribution >= 0.6 is 11.3 Å². The summed E-state index contributed by atoms with van der Waals surface area (Å²) in [6.45, 7) is 0.313. The molecule has 5 nitrogen and oxygen atoms in total. The molecule has 3 rings (SSSR count). The van der Waals surface area contributed by atoms with Gasteiger partial charge in [0.05, 0.1) is 37.1 Å². The van der Waals surface area contributed by atoms with E-state index in [1.54, 1.807) is 32.4 Å². The standard InChI is InChI=1S/C19H16N2O3S/c1-22-16-6-4-3-5-15(16)19-21-14(12-25-19)11-24-17-8-7-13(10-20)9-18(17)23-2/h3-9,12H,11H2,1-2H3. The van der Waals surface area contributed by atoms with Gasteiger partial charge in [0, 0.05) is 11.4 Å². The molecule has 0 aliphatic rings. The van der Waals surface area contributed by atoms with E-state index in [-0.39, 0.29) is 0 Å². The average Bonchev–Trinajstić information content (AvgIpc) is 3.15. The summed E-state index contributed by atoms with van der Waals surface area (Å²) in [5.41, 5.74) is 2.30. The molecule has 25 heavy (non-hydrogen) atoms. The lowest BCUT2D eigenvalue weighted by Gasteiger charge is -2.09. The van der Waals surface area contributed by atoms with E-state index in [1.165, 1.54) is 11.3 Å². The molecule has 0 fully saturated rings. The molecule has 3 aromatic rings. The number of aromatic nitrogens is 1. The van der Waals surface area contributed by atoms with Crippen molar-refractivity contribution >= 4 is 11.3 Å². The van der Waals surface area contributed by atoms with Gasteiger partial charge in [-0.2, -0.15) is 5.26 Å². The molecular formula is C19H16N2O3S. The first kappa shape index (κ1) is 16.8. The molecule has 0 atom stereocenters. The number of benzene rings is 2. The van der Waals surface area contributed by atoms with Gasteiger partial charge in [0.1, 0.15) is 17.4 Å². The number of para-hydroxylation sites is 1. The Morgan fingerprint density at radius 1 is 1.04 bits per heavy atom. The largest absolute Gasteiger partial charge is 0.496 e. The van der Waals surface area contributed by atoms with E-state index in [4.69, 9.17) is 19.5 Å². The Labute approximate surface area is 150 Å². The highest BCUT2D eigenvalue weighted by Crippen LogP contribution is 2.33. The Bertz CT molecular complexity index is 915. The van der Waals surface area contributed by atoms with E-state index in [9.17, 15) is 0 Å². The van der Waals surface area contributed by atoms with Crippen molar-refractivity contribution in [3.05, 3.63) is 59.1 Å². The minimum absolute atomic E-state index is 0.313. The number of rotatable bonds is 6. The predicted molar refractivity (Wildman–Crippen MR) is 96.1 cm³/mol. The van der Waals surface area contributed by atoms with Crippen LogP contribution in [0.4, 0.5) is 0 Å². The highest BCUT2D eigenvalue weighted by Gasteiger charge is 2.11. The van der Waals surface area contributed by atoms with Gasteiger partial charge in [-0.05, 0) is 24.3 Å². The van der Waals surface area contributed by atoms with Crippen molar-refractivity contribution in [1.82, 2.24) is 4.98 Å². The van der Waals surface area contributed by atoms with Crippen LogP contribution in [0.2, 0.25) is 0 Å². The summed E-state index contributed by atoms with van der Waals surface area (Å²) in [5.74, 6) is 1.89. The van der Waals surface area contributed by atoms with E-state index < -0.39 is 0 Å². The second kappa shape index (κ2) is 7.69. The van der Waals surface area contributed by atoms with Crippen molar-refractivity contribution < 1.29 is 14.2 Å². The summed E-state index contributed by atoms with van der Waals surface area (Å²) in [7, 11) is 3.19. The lowest BCUT2D eigenvalue weighted by molar-refractivity contribution is 0.281. The van der Waals surface area contributed by atoms with E-state index in [1.807, 2.05) is 29.6 Å². The van der Waals surface area contributed by atoms with E-state index in [0.717, 1.165) is 22.0 Å². The number of hydrogen-bond acceptors (Lipinski definition) is 6. The average molecular weight is 352 g/mol. The third kappa shape index (κ3) is 3.73. The van der Waals surface area contributed by atoms with Crippen LogP contribution in [-0.2, 0) is 6.61 Å². The van der Waals surface area contributed by atoms with Crippen LogP contribution in [0.3, 0.4) is 0 Å². The molecule has 0 radical (unpaired) electrons. The first-order valence-corrected chi connectivity index (χ1v) is 8.42. The SMILES string of the molecule is COc1cc(C#N)ccc1OCc1csc(-c2ccccc2OC)n1. The van der Waals surface area contributed by atoms with Crippen LogP contribution in [0.1, 0.15) is 11.3 Å². The first-order valence-electron chi connectivity index (χ1n) is 7.54. The van der Waals surface area contributed by atoms with Crippen LogP contribution < -0.4 is 14.2 Å². The fourth-order valence-corrected chi connectivity index (χ4v) is 3.16. The number of nitrogens with zero attached hydrogens (tertiary/aromatic N) is 2. The Kier molecular flexibility index (Phi) is 5.17. The second-order valence-corrected chi connectivity index (χ2v) is 5.97. The number of hydrogen-bond donors (Lipinski definition) is 0. The third-order valence-electron chi connectivity index (χ3n) is 3.56. The van der Waals surface area contributed by atoms with Crippen LogP contribution in [-0.4, -0.2) is 19.2 Å². The summed E-state index contributed by atoms with van der Waals surface area (Å²) in [4.78, 5) is 4.61. The molecule has 126 valence electrons. The molecule has 0 saturated carbocycles. The lowest BCUT2D eigenvalue weighted by atomic mass is 10.2. The van der Waals surface area contributed by atoms with Gasteiger partial charge in [-0.3, -0.25) is 0 Å². The van der Waals surface area contributed by atoms with Gasteiger partial charge in [0.25, 0.3) is 0 Å². The van der Waals surface area contributed by atoms with Crippen LogP contribution in [0.25, 0.3) is 10.6 Å². The molecule has 0 saturated heterocycles. The first-order chi connectivity index (χ1) is 12.2. The molecule has 0 aliphatic heterocycles. The third-order valence-corrected chi connectivity index (χ3v) is 4.48. The molecular weight excluding hydrogens is 336 g/mol. The lowest BCUT2D eigenvalue weighted by Crippen LogP contribution is -1.98. The minimum Gasteiger partial charge on any atom is -0.496 e. The maximum absolute atomic E-state index is 8.94. The zero-order chi connectivity index (χ0) is 17.6. The normalized spacial score (nSPS) is 10.1. The van der Waals surface area contributed by atoms with Crippen LogP contribution in [0.15, 0.2) is 47.8 Å². The Hall–Kier alpha value is -3.04. The zero-order valence-corrected chi connectivity index (χ0v) is 14.7. The molecule has 0 aliphatic carbocycles. The molecule has 0 N–H and O–H groups in total. The Balaban J connectivity index is 1.76. The summed E-state index contributed by atoms with van der Waals surface area (Å²) < 4.78 is 16.5. The molecule has 2 aromatic carbocycles. The predicted octanol–water partition coefficient (Wildman–Crippen LogP) is 4.28. The topological polar surface area (TPSA) is 64.4 Å². The monoisotopic (exact) mass is 352 g/mol. The Morgan fingerprint density at radius 3 is 2.60 bits per heavy atom. The number of methoxy groups -OCH3 is 2. The van der Waals surface area contributed by atoms with Crippen molar-refractivity contribution in [1.29, 1.82) is 5.26 Å². The van der Waals surface area contributed by atoms with E-state index in [2.05, 4.69) is 11.1 Å². The molecule has 0 amide bonds. The van der Waals surface area contributed by atoms with Crippen LogP contribution in [0, 0.1) is 11.3 Å². The van der Waals surface area contributed by atoms with Gasteiger partial charge >= 0.3 is 0 Å². The van der Waals surface area contributed by atoms with Crippen LogP contribution in [0.5, 0.6) is 17.2 Å². The van der Waals surface area contributed by atoms with Gasteiger partial charge in [0.2, 0.25) is 0 Å². The van der Waals surface area contributed by atoms with Gasteiger partial charge in [-0.1, -0.05) is 12.1 Å². The van der Waals surface area contributed by atoms with Crippen molar-refractivity contribution in [2.75, 3.05) is 14.2 Å². The van der Waals surface area contributed by atoms with E-state index >= 15 is 0 Å². The maximum atomic E-state index is 8.94. The molecule has 0 spiro atoms. The van der Waals surface area contributed by atoms with Crippen molar-refractivity contribution in [3.8, 4) is 33.9 Å². The van der Waals surface area contributed by atoms with Gasteiger partial charge < -0.3 is 14.2 Å². The number of nitriles is 1. The fourth-order valence-electron chi connectivity index (χ4n) is 2.33. The summed E-state index contributed by atoms with van der Waals surface area (Å²) >= 11 is 1.54. The molecule has 1 aromatic heterocycles. The molecule has 1 heterocycles. The van der Waals surface area contributed by atoms with Gasteiger partial charge in [0.15, 0.2) is 11.5 Å². The van der Waals surface area contributed by atoms with Gasteiger partial charge in [-0.15, -0.1) is 11.3 Å². The summed E-state index contributed by atoms with van der Waals surface area (Å²) in [6, 6.07) is 14.9. The molecule has 0 unspecified atom stereocenters. The number of ether oxygens (including phenoxy) is 3. The highest BCUT2D eigenvalue weighted by atomic mass is 32.1. The highest BCUT2D eigenvalue weighted by molar-refractivity contribution is 7.13. The van der Waals surface area contributed by atoms with Crippen molar-refractivity contribution in [2.45, 2.75) is 6.61 Å². The number of thiazole rings is 1. The second-order valence-electron chi connectivity index (χ2n) is 5.11. The summed E-state index contributed by atoms with van der Waals surface area (Å²) in [6.07, 6.45) is 0. The Morgan fingerprint density at radius 2 is 1.84 bits per heavy atom. The van der Waals surface area contributed by atoms with Crippen molar-refractivity contribution in [3.63, 3.8) is 0 Å². The summed E-state index contributed by atoms with van der Waals surface area (Å²) in [5, 5.41) is 11.8. The van der Waals surface area contributed by atoms with Gasteiger partial charge in [-0.25, -0.2) is 4.98 Å². The maximum Gasteiger partial charge on any atom is 0.162 e. The minimum atomic E-state index is 0.313. The molecule has 6 heteroatoms. The van der Waals surface area contributed by atoms with Crippen molar-refractivity contribution in [2.24, 2.45) is 0 Å².